The Morgan fingerprint density at radius 1 is 1.28 bits per heavy atom. The van der Waals surface area contributed by atoms with E-state index in [1.165, 1.54) is 4.90 Å². The molecule has 1 unspecified atom stereocenters. The lowest BCUT2D eigenvalue weighted by molar-refractivity contribution is -0.134. The van der Waals surface area contributed by atoms with Crippen LogP contribution in [0.1, 0.15) is 52.3 Å². The maximum Gasteiger partial charge on any atom is 0.245 e. The van der Waals surface area contributed by atoms with Crippen molar-refractivity contribution >= 4 is 29.2 Å². The molecule has 7 heteroatoms. The van der Waals surface area contributed by atoms with Crippen LogP contribution in [0.15, 0.2) is 30.3 Å². The molecular formula is C22H31ClN4O2. The Bertz CT molecular complexity index is 868. The second-order valence-corrected chi connectivity index (χ2v) is 8.99. The minimum atomic E-state index is -0.667. The molecule has 0 spiro atoms. The van der Waals surface area contributed by atoms with Crippen LogP contribution in [0, 0.1) is 6.92 Å². The minimum absolute atomic E-state index is 0.0480. The third kappa shape index (κ3) is 6.07. The zero-order chi connectivity index (χ0) is 21.8. The van der Waals surface area contributed by atoms with Gasteiger partial charge in [-0.1, -0.05) is 39.8 Å². The fraction of sp³-hybridized carbons (Fsp3) is 0.500. The minimum Gasteiger partial charge on any atom is -0.332 e. The number of hydrogen-bond acceptors (Lipinski definition) is 3. The average Bonchev–Trinajstić information content (AvgIpc) is 3.04. The molecule has 0 aliphatic carbocycles. The van der Waals surface area contributed by atoms with Gasteiger partial charge in [-0.25, -0.2) is 4.68 Å². The molecule has 1 heterocycles. The van der Waals surface area contributed by atoms with Gasteiger partial charge in [-0.15, -0.1) is 11.6 Å². The molecule has 1 atom stereocenters. The SMILES string of the molecule is CCCN(CC(=O)Nc1cc(C(C)(C)C)nn1-c1cccc(C)c1)C(=O)C(C)Cl. The topological polar surface area (TPSA) is 67.2 Å². The fourth-order valence-electron chi connectivity index (χ4n) is 2.94. The van der Waals surface area contributed by atoms with Crippen LogP contribution < -0.4 is 5.32 Å². The van der Waals surface area contributed by atoms with E-state index in [-0.39, 0.29) is 23.8 Å². The molecule has 1 aromatic carbocycles. The maximum absolute atomic E-state index is 12.7. The number of anilines is 1. The molecule has 0 aliphatic heterocycles. The molecule has 0 saturated heterocycles. The molecule has 0 radical (unpaired) electrons. The second-order valence-electron chi connectivity index (χ2n) is 8.34. The van der Waals surface area contributed by atoms with Crippen molar-refractivity contribution in [3.05, 3.63) is 41.6 Å². The molecule has 6 nitrogen and oxygen atoms in total. The van der Waals surface area contributed by atoms with Crippen molar-refractivity contribution in [3.8, 4) is 5.69 Å². The molecule has 0 aliphatic rings. The Labute approximate surface area is 178 Å². The Morgan fingerprint density at radius 3 is 2.52 bits per heavy atom. The van der Waals surface area contributed by atoms with E-state index >= 15 is 0 Å². The van der Waals surface area contributed by atoms with Crippen LogP contribution in [0.5, 0.6) is 0 Å². The first kappa shape index (κ1) is 22.9. The lowest BCUT2D eigenvalue weighted by Crippen LogP contribution is -2.41. The standard InChI is InChI=1S/C22H31ClN4O2/c1-7-11-26(21(29)16(3)23)14-20(28)24-19-13-18(22(4,5)6)25-27(19)17-10-8-9-15(2)12-17/h8-10,12-13,16H,7,11,14H2,1-6H3,(H,24,28). The highest BCUT2D eigenvalue weighted by atomic mass is 35.5. The molecule has 2 aromatic rings. The van der Waals surface area contributed by atoms with Gasteiger partial charge in [0, 0.05) is 18.0 Å². The number of hydrogen-bond donors (Lipinski definition) is 1. The Morgan fingerprint density at radius 2 is 1.97 bits per heavy atom. The summed E-state index contributed by atoms with van der Waals surface area (Å²) in [5.41, 5.74) is 2.66. The molecule has 2 rings (SSSR count). The number of nitrogens with zero attached hydrogens (tertiary/aromatic N) is 3. The number of aryl methyl sites for hydroxylation is 1. The first-order chi connectivity index (χ1) is 13.5. The molecule has 158 valence electrons. The number of carbonyl (C=O) groups excluding carboxylic acids is 2. The van der Waals surface area contributed by atoms with E-state index in [0.29, 0.717) is 12.4 Å². The van der Waals surface area contributed by atoms with Crippen LogP contribution >= 0.6 is 11.6 Å². The first-order valence-corrected chi connectivity index (χ1v) is 10.4. The van der Waals surface area contributed by atoms with E-state index in [9.17, 15) is 9.59 Å². The Kier molecular flexibility index (Phi) is 7.47. The normalized spacial score (nSPS) is 12.5. The summed E-state index contributed by atoms with van der Waals surface area (Å²) in [6, 6.07) is 9.81. The number of aromatic nitrogens is 2. The summed E-state index contributed by atoms with van der Waals surface area (Å²) in [7, 11) is 0. The van der Waals surface area contributed by atoms with Gasteiger partial charge in [-0.05, 0) is 38.0 Å². The monoisotopic (exact) mass is 418 g/mol. The van der Waals surface area contributed by atoms with Gasteiger partial charge >= 0.3 is 0 Å². The lowest BCUT2D eigenvalue weighted by Gasteiger charge is -2.22. The van der Waals surface area contributed by atoms with E-state index in [4.69, 9.17) is 16.7 Å². The molecule has 0 bridgehead atoms. The summed E-state index contributed by atoms with van der Waals surface area (Å²) in [4.78, 5) is 26.5. The van der Waals surface area contributed by atoms with Crippen molar-refractivity contribution in [2.45, 2.75) is 58.8 Å². The van der Waals surface area contributed by atoms with E-state index in [2.05, 4.69) is 26.1 Å². The fourth-order valence-corrected chi connectivity index (χ4v) is 3.08. The van der Waals surface area contributed by atoms with Gasteiger partial charge in [0.15, 0.2) is 0 Å². The van der Waals surface area contributed by atoms with Crippen LogP contribution in [0.2, 0.25) is 0 Å². The lowest BCUT2D eigenvalue weighted by atomic mass is 9.92. The quantitative estimate of drug-likeness (QED) is 0.682. The molecule has 1 N–H and O–H groups in total. The third-order valence-electron chi connectivity index (χ3n) is 4.47. The zero-order valence-electron chi connectivity index (χ0n) is 18.1. The summed E-state index contributed by atoms with van der Waals surface area (Å²) >= 11 is 5.94. The van der Waals surface area contributed by atoms with E-state index < -0.39 is 5.38 Å². The number of benzene rings is 1. The summed E-state index contributed by atoms with van der Waals surface area (Å²) in [5, 5.41) is 6.99. The highest BCUT2D eigenvalue weighted by molar-refractivity contribution is 6.30. The Hall–Kier alpha value is -2.34. The van der Waals surface area contributed by atoms with Crippen molar-refractivity contribution in [1.29, 1.82) is 0 Å². The number of nitrogens with one attached hydrogen (secondary N) is 1. The summed E-state index contributed by atoms with van der Waals surface area (Å²) in [5.74, 6) is 0.0537. The second kappa shape index (κ2) is 9.44. The average molecular weight is 419 g/mol. The van der Waals surface area contributed by atoms with Crippen LogP contribution in [0.3, 0.4) is 0 Å². The van der Waals surface area contributed by atoms with E-state index in [1.807, 2.05) is 44.2 Å². The molecule has 2 amide bonds. The molecule has 0 fully saturated rings. The largest absolute Gasteiger partial charge is 0.332 e. The van der Waals surface area contributed by atoms with Crippen molar-refractivity contribution in [3.63, 3.8) is 0 Å². The molecule has 29 heavy (non-hydrogen) atoms. The highest BCUT2D eigenvalue weighted by Gasteiger charge is 2.24. The van der Waals surface area contributed by atoms with Gasteiger partial charge in [0.05, 0.1) is 17.9 Å². The third-order valence-corrected chi connectivity index (χ3v) is 4.66. The highest BCUT2D eigenvalue weighted by Crippen LogP contribution is 2.26. The predicted molar refractivity (Wildman–Crippen MR) is 118 cm³/mol. The van der Waals surface area contributed by atoms with E-state index in [0.717, 1.165) is 23.4 Å². The van der Waals surface area contributed by atoms with Gasteiger partial charge in [0.25, 0.3) is 0 Å². The molecule has 1 aromatic heterocycles. The molecule has 0 saturated carbocycles. The molecular weight excluding hydrogens is 388 g/mol. The van der Waals surface area contributed by atoms with Gasteiger partial charge < -0.3 is 10.2 Å². The van der Waals surface area contributed by atoms with Gasteiger partial charge in [0.2, 0.25) is 11.8 Å². The van der Waals surface area contributed by atoms with Crippen molar-refractivity contribution in [2.24, 2.45) is 0 Å². The summed E-state index contributed by atoms with van der Waals surface area (Å²) in [6.07, 6.45) is 0.748. The zero-order valence-corrected chi connectivity index (χ0v) is 18.9. The van der Waals surface area contributed by atoms with Crippen LogP contribution in [-0.4, -0.2) is 45.0 Å². The van der Waals surface area contributed by atoms with Crippen molar-refractivity contribution in [2.75, 3.05) is 18.4 Å². The number of rotatable bonds is 7. The number of amides is 2. The van der Waals surface area contributed by atoms with Crippen LogP contribution in [0.25, 0.3) is 5.69 Å². The van der Waals surface area contributed by atoms with Crippen molar-refractivity contribution in [1.82, 2.24) is 14.7 Å². The smallest absolute Gasteiger partial charge is 0.245 e. The van der Waals surface area contributed by atoms with Gasteiger partial charge in [0.1, 0.15) is 11.2 Å². The van der Waals surface area contributed by atoms with Crippen LogP contribution in [0.4, 0.5) is 5.82 Å². The maximum atomic E-state index is 12.7. The van der Waals surface area contributed by atoms with Crippen molar-refractivity contribution < 1.29 is 9.59 Å². The summed E-state index contributed by atoms with van der Waals surface area (Å²) < 4.78 is 1.74. The van der Waals surface area contributed by atoms with E-state index in [1.54, 1.807) is 11.6 Å². The Balaban J connectivity index is 2.32. The number of halogens is 1. The van der Waals surface area contributed by atoms with Gasteiger partial charge in [-0.2, -0.15) is 5.10 Å². The van der Waals surface area contributed by atoms with Crippen LogP contribution in [-0.2, 0) is 15.0 Å². The number of alkyl halides is 1. The van der Waals surface area contributed by atoms with Gasteiger partial charge in [-0.3, -0.25) is 9.59 Å². The predicted octanol–water partition coefficient (Wildman–Crippen LogP) is 4.28. The first-order valence-electron chi connectivity index (χ1n) is 9.93. The summed E-state index contributed by atoms with van der Waals surface area (Å²) in [6.45, 7) is 12.2. The number of carbonyl (C=O) groups is 2.